The van der Waals surface area contributed by atoms with E-state index in [2.05, 4.69) is 53.1 Å². The van der Waals surface area contributed by atoms with Crippen molar-refractivity contribution in [3.05, 3.63) is 29.4 Å². The summed E-state index contributed by atoms with van der Waals surface area (Å²) in [6, 6.07) is 4.66. The van der Waals surface area contributed by atoms with Crippen LogP contribution >= 0.6 is 35.3 Å². The molecule has 1 fully saturated rings. The van der Waals surface area contributed by atoms with Crippen LogP contribution in [-0.2, 0) is 22.6 Å². The summed E-state index contributed by atoms with van der Waals surface area (Å²) < 4.78 is 6.08. The molecule has 2 aromatic heterocycles. The highest BCUT2D eigenvalue weighted by Gasteiger charge is 2.20. The van der Waals surface area contributed by atoms with E-state index in [1.54, 1.807) is 24.6 Å². The number of carbonyl (C=O) groups is 1. The van der Waals surface area contributed by atoms with Gasteiger partial charge in [0.25, 0.3) is 0 Å². The van der Waals surface area contributed by atoms with Crippen LogP contribution in [0.5, 0.6) is 0 Å². The predicted octanol–water partition coefficient (Wildman–Crippen LogP) is 1.46. The van der Waals surface area contributed by atoms with Gasteiger partial charge in [0.2, 0.25) is 0 Å². The molecule has 0 aliphatic carbocycles. The molecule has 3 heterocycles. The molecule has 9 nitrogen and oxygen atoms in total. The normalized spacial score (nSPS) is 15.1. The van der Waals surface area contributed by atoms with Gasteiger partial charge in [-0.25, -0.2) is 4.68 Å². The van der Waals surface area contributed by atoms with E-state index in [1.807, 2.05) is 0 Å². The molecule has 0 atom stereocenters. The quantitative estimate of drug-likeness (QED) is 0.258. The van der Waals surface area contributed by atoms with Crippen LogP contribution in [0, 0.1) is 0 Å². The highest BCUT2D eigenvalue weighted by atomic mass is 127. The van der Waals surface area contributed by atoms with Crippen molar-refractivity contribution in [1.82, 2.24) is 25.6 Å². The number of aliphatic imine (C=N–C) groups is 1. The summed E-state index contributed by atoms with van der Waals surface area (Å²) in [5.74, 6) is 0.387. The van der Waals surface area contributed by atoms with E-state index in [0.717, 1.165) is 37.6 Å². The van der Waals surface area contributed by atoms with Gasteiger partial charge in [-0.1, -0.05) is 5.21 Å². The summed E-state index contributed by atoms with van der Waals surface area (Å²) in [6.45, 7) is 2.61. The Morgan fingerprint density at radius 2 is 2.21 bits per heavy atom. The largest absolute Gasteiger partial charge is 0.468 e. The lowest BCUT2D eigenvalue weighted by atomic mass is 10.1. The maximum Gasteiger partial charge on any atom is 0.327 e. The summed E-state index contributed by atoms with van der Waals surface area (Å²) in [6.07, 6.45) is 3.85. The fraction of sp³-hybridized carbons (Fsp3) is 0.529. The molecule has 0 amide bonds. The number of nitrogens with zero attached hydrogens (tertiary/aromatic N) is 5. The number of rotatable bonds is 6. The second-order valence-corrected chi connectivity index (χ2v) is 7.19. The van der Waals surface area contributed by atoms with Gasteiger partial charge in [0.05, 0.1) is 24.9 Å². The van der Waals surface area contributed by atoms with E-state index in [1.165, 1.54) is 16.8 Å². The van der Waals surface area contributed by atoms with Crippen LogP contribution in [0.2, 0.25) is 0 Å². The van der Waals surface area contributed by atoms with Gasteiger partial charge in [0.1, 0.15) is 12.2 Å². The van der Waals surface area contributed by atoms with E-state index >= 15 is 0 Å². The van der Waals surface area contributed by atoms with Crippen LogP contribution < -0.4 is 15.5 Å². The number of piperidine rings is 1. The van der Waals surface area contributed by atoms with Crippen LogP contribution in [0.4, 0.5) is 5.00 Å². The highest BCUT2D eigenvalue weighted by Crippen LogP contribution is 2.24. The van der Waals surface area contributed by atoms with E-state index in [9.17, 15) is 4.79 Å². The lowest BCUT2D eigenvalue weighted by Crippen LogP contribution is -2.48. The summed E-state index contributed by atoms with van der Waals surface area (Å²) >= 11 is 1.79. The Balaban J connectivity index is 0.00000280. The maximum absolute atomic E-state index is 11.3. The number of hydrogen-bond acceptors (Lipinski definition) is 7. The summed E-state index contributed by atoms with van der Waals surface area (Å²) in [5.41, 5.74) is 0.731. The third kappa shape index (κ3) is 6.33. The van der Waals surface area contributed by atoms with Crippen LogP contribution in [-0.4, -0.2) is 60.2 Å². The van der Waals surface area contributed by atoms with Crippen molar-refractivity contribution in [1.29, 1.82) is 0 Å². The van der Waals surface area contributed by atoms with E-state index < -0.39 is 0 Å². The van der Waals surface area contributed by atoms with Gasteiger partial charge in [-0.15, -0.1) is 40.4 Å². The molecule has 154 valence electrons. The molecule has 0 saturated carbocycles. The fourth-order valence-electron chi connectivity index (χ4n) is 2.95. The van der Waals surface area contributed by atoms with Crippen molar-refractivity contribution in [2.45, 2.75) is 32.0 Å². The number of ether oxygens (including phenoxy) is 1. The van der Waals surface area contributed by atoms with Crippen molar-refractivity contribution in [3.63, 3.8) is 0 Å². The fourth-order valence-corrected chi connectivity index (χ4v) is 3.74. The van der Waals surface area contributed by atoms with Crippen molar-refractivity contribution >= 4 is 52.2 Å². The van der Waals surface area contributed by atoms with Crippen molar-refractivity contribution in [2.75, 3.05) is 32.1 Å². The van der Waals surface area contributed by atoms with Crippen LogP contribution in [0.1, 0.15) is 18.5 Å². The highest BCUT2D eigenvalue weighted by molar-refractivity contribution is 14.0. The smallest absolute Gasteiger partial charge is 0.327 e. The number of halogens is 1. The Hall–Kier alpha value is -1.89. The lowest BCUT2D eigenvalue weighted by molar-refractivity contribution is -0.141. The minimum Gasteiger partial charge on any atom is -0.468 e. The Labute approximate surface area is 185 Å². The molecule has 0 radical (unpaired) electrons. The number of aromatic nitrogens is 3. The minimum atomic E-state index is -0.356. The SMILES string of the molecule is CN=C(NCc1cn(CC(=O)OC)nn1)NC1CCN(c2cccs2)CC1.I. The number of carbonyl (C=O) groups excluding carboxylic acids is 1. The summed E-state index contributed by atoms with van der Waals surface area (Å²) in [4.78, 5) is 18.0. The van der Waals surface area contributed by atoms with Crippen molar-refractivity contribution < 1.29 is 9.53 Å². The average molecular weight is 519 g/mol. The van der Waals surface area contributed by atoms with Gasteiger partial charge >= 0.3 is 5.97 Å². The molecule has 0 unspecified atom stereocenters. The predicted molar refractivity (Wildman–Crippen MR) is 120 cm³/mol. The maximum atomic E-state index is 11.3. The number of methoxy groups -OCH3 is 1. The Bertz CT molecular complexity index is 757. The molecule has 1 aliphatic heterocycles. The second-order valence-electron chi connectivity index (χ2n) is 6.27. The zero-order valence-electron chi connectivity index (χ0n) is 16.0. The van der Waals surface area contributed by atoms with Crippen molar-refractivity contribution in [2.24, 2.45) is 4.99 Å². The number of esters is 1. The van der Waals surface area contributed by atoms with Gasteiger partial charge in [-0.3, -0.25) is 9.79 Å². The molecule has 11 heteroatoms. The van der Waals surface area contributed by atoms with Crippen LogP contribution in [0.25, 0.3) is 0 Å². The average Bonchev–Trinajstić information content (AvgIpc) is 3.37. The molecular formula is C17H26IN7O2S. The summed E-state index contributed by atoms with van der Waals surface area (Å²) in [7, 11) is 3.10. The lowest BCUT2D eigenvalue weighted by Gasteiger charge is -2.33. The van der Waals surface area contributed by atoms with E-state index in [-0.39, 0.29) is 36.5 Å². The molecule has 0 spiro atoms. The third-order valence-electron chi connectivity index (χ3n) is 4.42. The number of anilines is 1. The topological polar surface area (TPSA) is 96.7 Å². The molecule has 0 bridgehead atoms. The standard InChI is InChI=1S/C17H25N7O2S.HI/c1-18-17(19-10-14-11-24(22-21-14)12-16(25)26-2)20-13-5-7-23(8-6-13)15-4-3-9-27-15;/h3-4,9,11,13H,5-8,10,12H2,1-2H3,(H2,18,19,20);1H. The number of thiophene rings is 1. The first-order valence-electron chi connectivity index (χ1n) is 8.89. The molecular weight excluding hydrogens is 493 g/mol. The molecule has 1 saturated heterocycles. The third-order valence-corrected chi connectivity index (χ3v) is 5.35. The second kappa shape index (κ2) is 11.2. The molecule has 28 heavy (non-hydrogen) atoms. The molecule has 1 aliphatic rings. The zero-order valence-corrected chi connectivity index (χ0v) is 19.1. The first-order chi connectivity index (χ1) is 13.2. The Morgan fingerprint density at radius 1 is 1.43 bits per heavy atom. The first kappa shape index (κ1) is 22.4. The van der Waals surface area contributed by atoms with Gasteiger partial charge < -0.3 is 20.3 Å². The number of hydrogen-bond donors (Lipinski definition) is 2. The van der Waals surface area contributed by atoms with E-state index in [0.29, 0.717) is 12.6 Å². The molecule has 2 aromatic rings. The number of guanidine groups is 1. The van der Waals surface area contributed by atoms with Crippen LogP contribution in [0.15, 0.2) is 28.7 Å². The van der Waals surface area contributed by atoms with Gasteiger partial charge in [-0.05, 0) is 30.4 Å². The Morgan fingerprint density at radius 3 is 2.86 bits per heavy atom. The Kier molecular flexibility index (Phi) is 8.96. The van der Waals surface area contributed by atoms with Gasteiger partial charge in [0, 0.05) is 26.2 Å². The molecule has 3 rings (SSSR count). The molecule has 2 N–H and O–H groups in total. The van der Waals surface area contributed by atoms with Crippen molar-refractivity contribution in [3.8, 4) is 0 Å². The van der Waals surface area contributed by atoms with Crippen LogP contribution in [0.3, 0.4) is 0 Å². The first-order valence-corrected chi connectivity index (χ1v) is 9.77. The van der Waals surface area contributed by atoms with Gasteiger partial charge in [-0.2, -0.15) is 0 Å². The number of nitrogens with one attached hydrogen (secondary N) is 2. The van der Waals surface area contributed by atoms with Gasteiger partial charge in [0.15, 0.2) is 5.96 Å². The minimum absolute atomic E-state index is 0. The zero-order chi connectivity index (χ0) is 19.1. The van der Waals surface area contributed by atoms with E-state index in [4.69, 9.17) is 0 Å². The summed E-state index contributed by atoms with van der Waals surface area (Å²) in [5, 5.41) is 18.1. The monoisotopic (exact) mass is 519 g/mol. The molecule has 0 aromatic carbocycles.